The van der Waals surface area contributed by atoms with E-state index in [2.05, 4.69) is 46.4 Å². The van der Waals surface area contributed by atoms with Crippen LogP contribution >= 0.6 is 0 Å². The van der Waals surface area contributed by atoms with Crippen molar-refractivity contribution >= 4 is 12.4 Å². The molecule has 3 nitrogen and oxygen atoms in total. The summed E-state index contributed by atoms with van der Waals surface area (Å²) in [6, 6.07) is 0. The molecule has 0 aromatic rings. The Morgan fingerprint density at radius 3 is 2.55 bits per heavy atom. The van der Waals surface area contributed by atoms with E-state index in [9.17, 15) is 0 Å². The van der Waals surface area contributed by atoms with Crippen LogP contribution < -0.4 is 0 Å². The Bertz CT molecular complexity index is 686. The fraction of sp³-hybridized carbons (Fsp3) is 0.933. The van der Waals surface area contributed by atoms with Crippen LogP contribution in [0.1, 0.15) is 118 Å². The van der Waals surface area contributed by atoms with Crippen molar-refractivity contribution in [3.8, 4) is 0 Å². The van der Waals surface area contributed by atoms with Gasteiger partial charge < -0.3 is 0 Å². The molecule has 4 aliphatic carbocycles. The Kier molecular flexibility index (Phi) is 8.27. The third-order valence-electron chi connectivity index (χ3n) is 11.2. The molecule has 4 aliphatic rings. The first kappa shape index (κ1) is 25.2. The highest BCUT2D eigenvalue weighted by Crippen LogP contribution is 2.64. The molecule has 188 valence electrons. The minimum Gasteiger partial charge on any atom is -0.185 e. The summed E-state index contributed by atoms with van der Waals surface area (Å²) in [5.41, 5.74) is 1.66. The maximum atomic E-state index is 4.73. The Balaban J connectivity index is 1.45. The summed E-state index contributed by atoms with van der Waals surface area (Å²) in [5.74, 6) is 7.60. The standard InChI is InChI=1S/C30H53N3/c1-7-10-23-13-15-25-24(19-23)14-16-27-26(25)17-18-30(5)28(11-9-12-29(27)30)21(3)20-33(31-6)32-22(4)8-2/h21,23-29H,6-20H2,1-5H3/b32-22-. The summed E-state index contributed by atoms with van der Waals surface area (Å²) in [6.45, 7) is 16.6. The lowest BCUT2D eigenvalue weighted by molar-refractivity contribution is -0.122. The Labute approximate surface area is 205 Å². The van der Waals surface area contributed by atoms with Crippen molar-refractivity contribution in [2.75, 3.05) is 6.54 Å². The van der Waals surface area contributed by atoms with Gasteiger partial charge >= 0.3 is 0 Å². The zero-order valence-electron chi connectivity index (χ0n) is 22.6. The maximum absolute atomic E-state index is 4.73. The first-order valence-electron chi connectivity index (χ1n) is 14.7. The van der Waals surface area contributed by atoms with Gasteiger partial charge in [-0.1, -0.05) is 53.4 Å². The molecule has 3 heteroatoms. The molecule has 0 heterocycles. The van der Waals surface area contributed by atoms with Gasteiger partial charge in [-0.2, -0.15) is 15.3 Å². The monoisotopic (exact) mass is 455 g/mol. The largest absolute Gasteiger partial charge is 0.185 e. The Morgan fingerprint density at radius 2 is 1.82 bits per heavy atom. The Hall–Kier alpha value is -0.860. The van der Waals surface area contributed by atoms with Crippen LogP contribution in [0, 0.1) is 52.8 Å². The highest BCUT2D eigenvalue weighted by molar-refractivity contribution is 5.81. The van der Waals surface area contributed by atoms with Crippen LogP contribution in [0.15, 0.2) is 10.2 Å². The molecule has 9 unspecified atom stereocenters. The lowest BCUT2D eigenvalue weighted by Gasteiger charge is -2.61. The number of nitrogens with zero attached hydrogens (tertiary/aromatic N) is 3. The molecule has 0 radical (unpaired) electrons. The summed E-state index contributed by atoms with van der Waals surface area (Å²) in [7, 11) is 0. The smallest absolute Gasteiger partial charge is 0.0635 e. The van der Waals surface area contributed by atoms with Gasteiger partial charge in [0.05, 0.1) is 6.54 Å². The predicted molar refractivity (Wildman–Crippen MR) is 142 cm³/mol. The third kappa shape index (κ3) is 5.08. The van der Waals surface area contributed by atoms with E-state index in [1.165, 1.54) is 64.2 Å². The molecule has 0 aromatic carbocycles. The SMILES string of the molecule is C=NN(CC(C)C1CCCC2C3CCC4CC(CCC)CCC4C3CCC12C)/N=C(/C)CC. The second-order valence-corrected chi connectivity index (χ2v) is 12.8. The Morgan fingerprint density at radius 1 is 1.03 bits per heavy atom. The minimum absolute atomic E-state index is 0.515. The van der Waals surface area contributed by atoms with Gasteiger partial charge in [0.15, 0.2) is 0 Å². The third-order valence-corrected chi connectivity index (χ3v) is 11.2. The normalized spacial score (nSPS) is 42.0. The van der Waals surface area contributed by atoms with E-state index >= 15 is 0 Å². The zero-order chi connectivity index (χ0) is 23.6. The molecular formula is C30H53N3. The molecule has 0 aromatic heterocycles. The van der Waals surface area contributed by atoms with Crippen molar-refractivity contribution in [2.45, 2.75) is 118 Å². The second kappa shape index (κ2) is 10.8. The maximum Gasteiger partial charge on any atom is 0.0635 e. The summed E-state index contributed by atoms with van der Waals surface area (Å²) in [6.07, 6.45) is 18.9. The molecule has 0 spiro atoms. The first-order valence-corrected chi connectivity index (χ1v) is 14.7. The van der Waals surface area contributed by atoms with Crippen LogP contribution in [0.2, 0.25) is 0 Å². The van der Waals surface area contributed by atoms with Gasteiger partial charge in [-0.3, -0.25) is 0 Å². The molecular weight excluding hydrogens is 402 g/mol. The molecule has 0 aliphatic heterocycles. The number of hydrazone groups is 2. The van der Waals surface area contributed by atoms with E-state index in [4.69, 9.17) is 5.10 Å². The van der Waals surface area contributed by atoms with E-state index in [1.807, 2.05) is 5.12 Å². The number of fused-ring (bicyclic) bond motifs is 5. The van der Waals surface area contributed by atoms with Gasteiger partial charge in [-0.05, 0) is 117 Å². The van der Waals surface area contributed by atoms with Crippen molar-refractivity contribution in [3.63, 3.8) is 0 Å². The van der Waals surface area contributed by atoms with Crippen LogP contribution in [0.4, 0.5) is 0 Å². The minimum atomic E-state index is 0.515. The van der Waals surface area contributed by atoms with E-state index in [-0.39, 0.29) is 0 Å². The van der Waals surface area contributed by atoms with Gasteiger partial charge in [0.2, 0.25) is 0 Å². The predicted octanol–water partition coefficient (Wildman–Crippen LogP) is 8.40. The van der Waals surface area contributed by atoms with Crippen molar-refractivity contribution in [2.24, 2.45) is 63.0 Å². The highest BCUT2D eigenvalue weighted by atomic mass is 15.7. The fourth-order valence-corrected chi connectivity index (χ4v) is 9.58. The molecule has 0 amide bonds. The topological polar surface area (TPSA) is 28.0 Å². The molecule has 0 bridgehead atoms. The number of hydrogen-bond donors (Lipinski definition) is 0. The van der Waals surface area contributed by atoms with Gasteiger partial charge in [-0.15, -0.1) is 0 Å². The van der Waals surface area contributed by atoms with Crippen molar-refractivity contribution in [3.05, 3.63) is 0 Å². The van der Waals surface area contributed by atoms with Crippen LogP contribution in [0.3, 0.4) is 0 Å². The lowest BCUT2D eigenvalue weighted by atomic mass is 9.44. The summed E-state index contributed by atoms with van der Waals surface area (Å²) >= 11 is 0. The van der Waals surface area contributed by atoms with Gasteiger partial charge in [-0.25, -0.2) is 0 Å². The van der Waals surface area contributed by atoms with E-state index in [0.717, 1.165) is 60.1 Å². The molecule has 4 fully saturated rings. The van der Waals surface area contributed by atoms with Crippen molar-refractivity contribution < 1.29 is 0 Å². The molecule has 9 atom stereocenters. The van der Waals surface area contributed by atoms with Crippen molar-refractivity contribution in [1.82, 2.24) is 5.12 Å². The van der Waals surface area contributed by atoms with Gasteiger partial charge in [0.25, 0.3) is 0 Å². The van der Waals surface area contributed by atoms with Crippen LogP contribution in [-0.2, 0) is 0 Å². The first-order chi connectivity index (χ1) is 15.9. The van der Waals surface area contributed by atoms with Crippen LogP contribution in [0.5, 0.6) is 0 Å². The average molecular weight is 456 g/mol. The quantitative estimate of drug-likeness (QED) is 0.267. The number of rotatable bonds is 8. The molecule has 4 saturated carbocycles. The van der Waals surface area contributed by atoms with Gasteiger partial charge in [0, 0.05) is 12.4 Å². The van der Waals surface area contributed by atoms with Crippen molar-refractivity contribution in [1.29, 1.82) is 0 Å². The van der Waals surface area contributed by atoms with Crippen LogP contribution in [0.25, 0.3) is 0 Å². The lowest BCUT2D eigenvalue weighted by Crippen LogP contribution is -2.54. The average Bonchev–Trinajstić information content (AvgIpc) is 2.82. The zero-order valence-corrected chi connectivity index (χ0v) is 22.6. The molecule has 4 rings (SSSR count). The van der Waals surface area contributed by atoms with Crippen LogP contribution in [-0.4, -0.2) is 24.1 Å². The fourth-order valence-electron chi connectivity index (χ4n) is 9.58. The molecule has 0 N–H and O–H groups in total. The summed E-state index contributed by atoms with van der Waals surface area (Å²) in [5, 5.41) is 10.9. The molecule has 0 saturated heterocycles. The number of hydrogen-bond acceptors (Lipinski definition) is 3. The molecule has 33 heavy (non-hydrogen) atoms. The van der Waals surface area contributed by atoms with E-state index in [1.54, 1.807) is 12.8 Å². The van der Waals surface area contributed by atoms with E-state index < -0.39 is 0 Å². The van der Waals surface area contributed by atoms with Gasteiger partial charge in [0.1, 0.15) is 0 Å². The second-order valence-electron chi connectivity index (χ2n) is 12.8. The highest BCUT2D eigenvalue weighted by Gasteiger charge is 2.56. The summed E-state index contributed by atoms with van der Waals surface area (Å²) in [4.78, 5) is 0. The summed E-state index contributed by atoms with van der Waals surface area (Å²) < 4.78 is 0. The van der Waals surface area contributed by atoms with E-state index in [0.29, 0.717) is 11.3 Å².